The Bertz CT molecular complexity index is 1710. The van der Waals surface area contributed by atoms with E-state index < -0.39 is 23.4 Å². The van der Waals surface area contributed by atoms with Gasteiger partial charge < -0.3 is 19.8 Å². The van der Waals surface area contributed by atoms with Crippen LogP contribution in [0.1, 0.15) is 41.1 Å². The number of esters is 1. The second-order valence-corrected chi connectivity index (χ2v) is 9.60. The average Bonchev–Trinajstić information content (AvgIpc) is 2.99. The first-order chi connectivity index (χ1) is 19.8. The minimum absolute atomic E-state index is 0.124. The zero-order chi connectivity index (χ0) is 29.3. The molecule has 41 heavy (non-hydrogen) atoms. The number of carbonyl (C=O) groups excluding carboxylic acids is 3. The molecule has 1 amide bonds. The first kappa shape index (κ1) is 27.4. The summed E-state index contributed by atoms with van der Waals surface area (Å²) in [5.41, 5.74) is 10.5. The summed E-state index contributed by atoms with van der Waals surface area (Å²) in [4.78, 5) is 58.1. The molecule has 0 saturated carbocycles. The summed E-state index contributed by atoms with van der Waals surface area (Å²) >= 11 is 0. The van der Waals surface area contributed by atoms with Crippen molar-refractivity contribution in [2.24, 2.45) is 5.73 Å². The van der Waals surface area contributed by atoms with Crippen LogP contribution < -0.4 is 21.5 Å². The Hall–Kier alpha value is -5.19. The van der Waals surface area contributed by atoms with Gasteiger partial charge >= 0.3 is 5.97 Å². The number of ether oxygens (including phenoxy) is 2. The number of pyridine rings is 2. The third-order valence-electron chi connectivity index (χ3n) is 7.31. The number of benzene rings is 1. The summed E-state index contributed by atoms with van der Waals surface area (Å²) in [7, 11) is 2.72. The van der Waals surface area contributed by atoms with Gasteiger partial charge in [0.2, 0.25) is 0 Å². The highest BCUT2D eigenvalue weighted by molar-refractivity contribution is 6.04. The number of hydrogen-bond acceptors (Lipinski definition) is 9. The lowest BCUT2D eigenvalue weighted by Gasteiger charge is -2.40. The largest absolute Gasteiger partial charge is 0.497 e. The maximum atomic E-state index is 14.1. The lowest BCUT2D eigenvalue weighted by atomic mass is 9.75. The number of aromatic nitrogens is 2. The van der Waals surface area contributed by atoms with Crippen molar-refractivity contribution >= 4 is 28.6 Å². The number of carbonyl (C=O) groups is 3. The Morgan fingerprint density at radius 3 is 2.59 bits per heavy atom. The molecule has 1 aliphatic heterocycles. The number of rotatable bonds is 7. The first-order valence-electron chi connectivity index (χ1n) is 13.0. The molecule has 0 bridgehead atoms. The first-order valence-corrected chi connectivity index (χ1v) is 13.0. The lowest BCUT2D eigenvalue weighted by Crippen LogP contribution is -2.49. The standard InChI is InChI=1S/C30H29N5O6/c1-4-14-34-21-9-8-19(40-2)15-18(21)16-20(29(34)38)24-25-22(6-5-7-23(25)36)35(27(31)26(24)30(39)41-3)33-28(37)17-10-12-32-13-11-17/h4,8-13,15-16,24H,1,5-7,14,31H2,2-3H3,(H,33,37). The van der Waals surface area contributed by atoms with Crippen LogP contribution in [0.2, 0.25) is 0 Å². The molecule has 1 aromatic carbocycles. The summed E-state index contributed by atoms with van der Waals surface area (Å²) in [6.45, 7) is 3.97. The van der Waals surface area contributed by atoms with Crippen LogP contribution in [0, 0.1) is 0 Å². The Labute approximate surface area is 235 Å². The molecule has 11 nitrogen and oxygen atoms in total. The number of ketones is 1. The summed E-state index contributed by atoms with van der Waals surface area (Å²) in [6, 6.07) is 9.98. The van der Waals surface area contributed by atoms with Crippen molar-refractivity contribution in [2.75, 3.05) is 14.2 Å². The van der Waals surface area contributed by atoms with Gasteiger partial charge in [-0.15, -0.1) is 6.58 Å². The summed E-state index contributed by atoms with van der Waals surface area (Å²) in [5.74, 6) is -2.31. The predicted octanol–water partition coefficient (Wildman–Crippen LogP) is 2.69. The number of allylic oxidation sites excluding steroid dienone is 3. The number of nitrogens with two attached hydrogens (primary N) is 1. The van der Waals surface area contributed by atoms with Crippen LogP contribution in [0.15, 0.2) is 88.9 Å². The van der Waals surface area contributed by atoms with Gasteiger partial charge in [0.05, 0.1) is 31.2 Å². The molecule has 1 aliphatic carbocycles. The molecule has 1 unspecified atom stereocenters. The fraction of sp³-hybridized carbons (Fsp3) is 0.233. The second-order valence-electron chi connectivity index (χ2n) is 9.60. The molecule has 3 N–H and O–H groups in total. The van der Waals surface area contributed by atoms with E-state index in [0.717, 1.165) is 0 Å². The van der Waals surface area contributed by atoms with Crippen LogP contribution in [0.4, 0.5) is 0 Å². The molecule has 210 valence electrons. The van der Waals surface area contributed by atoms with Gasteiger partial charge in [-0.3, -0.25) is 24.8 Å². The molecule has 11 heteroatoms. The number of hydrazine groups is 1. The van der Waals surface area contributed by atoms with E-state index in [1.807, 2.05) is 0 Å². The molecule has 0 spiro atoms. The summed E-state index contributed by atoms with van der Waals surface area (Å²) < 4.78 is 12.0. The predicted molar refractivity (Wildman–Crippen MR) is 150 cm³/mol. The Balaban J connectivity index is 1.77. The third-order valence-corrected chi connectivity index (χ3v) is 7.31. The van der Waals surface area contributed by atoms with Gasteiger partial charge in [0.25, 0.3) is 11.5 Å². The van der Waals surface area contributed by atoms with Crippen molar-refractivity contribution in [1.29, 1.82) is 0 Å². The number of fused-ring (bicyclic) bond motifs is 1. The normalized spacial score (nSPS) is 16.9. The van der Waals surface area contributed by atoms with Crippen LogP contribution in [0.3, 0.4) is 0 Å². The fourth-order valence-electron chi connectivity index (χ4n) is 5.44. The Kier molecular flexibility index (Phi) is 7.43. The van der Waals surface area contributed by atoms with E-state index in [0.29, 0.717) is 40.8 Å². The average molecular weight is 556 g/mol. The van der Waals surface area contributed by atoms with Crippen molar-refractivity contribution in [1.82, 2.24) is 20.0 Å². The van der Waals surface area contributed by atoms with Crippen LogP contribution >= 0.6 is 0 Å². The maximum Gasteiger partial charge on any atom is 0.338 e. The van der Waals surface area contributed by atoms with Crippen LogP contribution in [0.5, 0.6) is 5.75 Å². The van der Waals surface area contributed by atoms with Gasteiger partial charge in [-0.05, 0) is 49.2 Å². The van der Waals surface area contributed by atoms with Crippen molar-refractivity contribution in [3.63, 3.8) is 0 Å². The summed E-state index contributed by atoms with van der Waals surface area (Å²) in [5, 5.41) is 1.92. The Morgan fingerprint density at radius 2 is 1.90 bits per heavy atom. The molecule has 0 radical (unpaired) electrons. The molecule has 5 rings (SSSR count). The molecular formula is C30H29N5O6. The number of amides is 1. The summed E-state index contributed by atoms with van der Waals surface area (Å²) in [6.07, 6.45) is 5.62. The molecule has 1 atom stereocenters. The van der Waals surface area contributed by atoms with Crippen molar-refractivity contribution in [3.8, 4) is 5.75 Å². The van der Waals surface area contributed by atoms with Gasteiger partial charge in [0, 0.05) is 53.1 Å². The van der Waals surface area contributed by atoms with Crippen LogP contribution in [-0.2, 0) is 20.9 Å². The highest BCUT2D eigenvalue weighted by Gasteiger charge is 2.44. The van der Waals surface area contributed by atoms with E-state index in [9.17, 15) is 19.2 Å². The van der Waals surface area contributed by atoms with E-state index in [4.69, 9.17) is 15.2 Å². The van der Waals surface area contributed by atoms with Crippen LogP contribution in [0.25, 0.3) is 10.9 Å². The lowest BCUT2D eigenvalue weighted by molar-refractivity contribution is -0.136. The second kappa shape index (κ2) is 11.1. The topological polar surface area (TPSA) is 146 Å². The highest BCUT2D eigenvalue weighted by atomic mass is 16.5. The molecule has 2 aromatic heterocycles. The maximum absolute atomic E-state index is 14.1. The van der Waals surface area contributed by atoms with Crippen molar-refractivity contribution in [2.45, 2.75) is 31.7 Å². The number of Topliss-reactive ketones (excluding diaryl/α,β-unsaturated/α-hetero) is 1. The number of hydrogen-bond donors (Lipinski definition) is 2. The van der Waals surface area contributed by atoms with Gasteiger partial charge in [-0.1, -0.05) is 6.08 Å². The van der Waals surface area contributed by atoms with Crippen LogP contribution in [-0.4, -0.2) is 46.4 Å². The minimum atomic E-state index is -1.13. The zero-order valence-corrected chi connectivity index (χ0v) is 22.7. The van der Waals surface area contributed by atoms with Gasteiger partial charge in [-0.25, -0.2) is 9.80 Å². The van der Waals surface area contributed by atoms with Gasteiger partial charge in [0.15, 0.2) is 5.78 Å². The fourth-order valence-corrected chi connectivity index (χ4v) is 5.44. The SMILES string of the molecule is C=CCn1c(=O)c(C2C(C(=O)OC)=C(N)N(NC(=O)c3ccncc3)C3=C2C(=O)CCC3)cc2cc(OC)ccc21. The van der Waals surface area contributed by atoms with Crippen molar-refractivity contribution in [3.05, 3.63) is 106 Å². The number of nitrogens with zero attached hydrogens (tertiary/aromatic N) is 3. The van der Waals surface area contributed by atoms with Gasteiger partial charge in [-0.2, -0.15) is 0 Å². The molecule has 3 heterocycles. The highest BCUT2D eigenvalue weighted by Crippen LogP contribution is 2.44. The smallest absolute Gasteiger partial charge is 0.338 e. The van der Waals surface area contributed by atoms with E-state index in [-0.39, 0.29) is 41.3 Å². The monoisotopic (exact) mass is 555 g/mol. The Morgan fingerprint density at radius 1 is 1.15 bits per heavy atom. The molecule has 0 saturated heterocycles. The van der Waals surface area contributed by atoms with E-state index in [1.54, 1.807) is 30.3 Å². The number of nitrogens with one attached hydrogen (secondary N) is 1. The molecule has 0 fully saturated rings. The molecular weight excluding hydrogens is 526 g/mol. The third kappa shape index (κ3) is 4.75. The van der Waals surface area contributed by atoms with Gasteiger partial charge in [0.1, 0.15) is 11.6 Å². The van der Waals surface area contributed by atoms with E-state index >= 15 is 0 Å². The van der Waals surface area contributed by atoms with Crippen molar-refractivity contribution < 1.29 is 23.9 Å². The van der Waals surface area contributed by atoms with E-state index in [2.05, 4.69) is 17.0 Å². The van der Waals surface area contributed by atoms with E-state index in [1.165, 1.54) is 48.3 Å². The zero-order valence-electron chi connectivity index (χ0n) is 22.7. The molecule has 3 aromatic rings. The molecule has 2 aliphatic rings. The number of methoxy groups -OCH3 is 2. The quantitative estimate of drug-likeness (QED) is 0.332. The minimum Gasteiger partial charge on any atom is -0.497 e.